The van der Waals surface area contributed by atoms with Gasteiger partial charge in [0.05, 0.1) is 19.1 Å². The zero-order valence-corrected chi connectivity index (χ0v) is 11.2. The van der Waals surface area contributed by atoms with E-state index in [-0.39, 0.29) is 5.92 Å². The van der Waals surface area contributed by atoms with Crippen molar-refractivity contribution in [3.05, 3.63) is 0 Å². The zero-order valence-electron chi connectivity index (χ0n) is 11.2. The van der Waals surface area contributed by atoms with Gasteiger partial charge in [0.2, 0.25) is 0 Å². The molecule has 0 N–H and O–H groups in total. The van der Waals surface area contributed by atoms with Gasteiger partial charge in [0.1, 0.15) is 5.78 Å². The number of ether oxygens (including phenoxy) is 1. The summed E-state index contributed by atoms with van der Waals surface area (Å²) in [5.41, 5.74) is 0.531. The van der Waals surface area contributed by atoms with Crippen molar-refractivity contribution < 1.29 is 9.53 Å². The van der Waals surface area contributed by atoms with E-state index < -0.39 is 0 Å². The Morgan fingerprint density at radius 3 is 2.71 bits per heavy atom. The lowest BCUT2D eigenvalue weighted by Crippen LogP contribution is -2.44. The minimum Gasteiger partial charge on any atom is -0.380 e. The molecule has 0 aromatic heterocycles. The molecule has 2 rings (SSSR count). The highest BCUT2D eigenvalue weighted by atomic mass is 16.5. The normalized spacial score (nSPS) is 30.5. The molecule has 2 aliphatic rings. The Balaban J connectivity index is 1.79. The van der Waals surface area contributed by atoms with Crippen molar-refractivity contribution in [2.75, 3.05) is 32.8 Å². The Hall–Kier alpha value is -0.410. The topological polar surface area (TPSA) is 29.5 Å². The van der Waals surface area contributed by atoms with Crippen LogP contribution in [0.5, 0.6) is 0 Å². The standard InChI is InChI=1S/C14H25NO2/c1-3-14(2)5-7-15(8-6-14)10-12-11-17-9-4-13(12)16/h12H,3-11H2,1-2H3. The van der Waals surface area contributed by atoms with Gasteiger partial charge in [-0.1, -0.05) is 20.3 Å². The second-order valence-electron chi connectivity index (χ2n) is 5.95. The van der Waals surface area contributed by atoms with Crippen LogP contribution in [0.25, 0.3) is 0 Å². The molecule has 0 aromatic rings. The number of hydrogen-bond acceptors (Lipinski definition) is 3. The number of rotatable bonds is 3. The van der Waals surface area contributed by atoms with Gasteiger partial charge >= 0.3 is 0 Å². The summed E-state index contributed by atoms with van der Waals surface area (Å²) < 4.78 is 5.41. The van der Waals surface area contributed by atoms with E-state index >= 15 is 0 Å². The highest BCUT2D eigenvalue weighted by Gasteiger charge is 2.31. The smallest absolute Gasteiger partial charge is 0.141 e. The van der Waals surface area contributed by atoms with E-state index in [0.717, 1.165) is 19.6 Å². The fourth-order valence-electron chi connectivity index (χ4n) is 2.79. The highest BCUT2D eigenvalue weighted by Crippen LogP contribution is 2.34. The lowest BCUT2D eigenvalue weighted by Gasteiger charge is -2.40. The number of likely N-dealkylation sites (tertiary alicyclic amines) is 1. The van der Waals surface area contributed by atoms with E-state index in [1.54, 1.807) is 0 Å². The minimum absolute atomic E-state index is 0.134. The van der Waals surface area contributed by atoms with Gasteiger partial charge in [-0.2, -0.15) is 0 Å². The molecule has 0 saturated carbocycles. The van der Waals surface area contributed by atoms with E-state index in [1.165, 1.54) is 19.3 Å². The van der Waals surface area contributed by atoms with Crippen molar-refractivity contribution in [3.63, 3.8) is 0 Å². The number of ketones is 1. The van der Waals surface area contributed by atoms with Gasteiger partial charge in [-0.3, -0.25) is 4.79 Å². The fourth-order valence-corrected chi connectivity index (χ4v) is 2.79. The van der Waals surface area contributed by atoms with E-state index in [2.05, 4.69) is 18.7 Å². The third-order valence-corrected chi connectivity index (χ3v) is 4.66. The first-order valence-electron chi connectivity index (χ1n) is 6.96. The van der Waals surface area contributed by atoms with E-state index in [1.807, 2.05) is 0 Å². The van der Waals surface area contributed by atoms with Crippen molar-refractivity contribution in [2.45, 2.75) is 39.5 Å². The van der Waals surface area contributed by atoms with E-state index in [0.29, 0.717) is 30.8 Å². The molecule has 0 radical (unpaired) electrons. The first kappa shape index (κ1) is 13.0. The van der Waals surface area contributed by atoms with E-state index in [9.17, 15) is 4.79 Å². The van der Waals surface area contributed by atoms with Crippen LogP contribution < -0.4 is 0 Å². The zero-order chi connectivity index (χ0) is 12.3. The lowest BCUT2D eigenvalue weighted by atomic mass is 9.78. The number of nitrogens with zero attached hydrogens (tertiary/aromatic N) is 1. The maximum atomic E-state index is 11.7. The third-order valence-electron chi connectivity index (χ3n) is 4.66. The molecule has 1 unspecified atom stereocenters. The van der Waals surface area contributed by atoms with Crippen molar-refractivity contribution in [1.82, 2.24) is 4.90 Å². The number of hydrogen-bond donors (Lipinski definition) is 0. The largest absolute Gasteiger partial charge is 0.380 e. The van der Waals surface area contributed by atoms with Crippen LogP contribution in [0.2, 0.25) is 0 Å². The molecule has 1 atom stereocenters. The number of piperidine rings is 1. The molecular weight excluding hydrogens is 214 g/mol. The SMILES string of the molecule is CCC1(C)CCN(CC2COCCC2=O)CC1. The molecule has 0 amide bonds. The average Bonchev–Trinajstić information content (AvgIpc) is 2.35. The monoisotopic (exact) mass is 239 g/mol. The van der Waals surface area contributed by atoms with Crippen molar-refractivity contribution in [2.24, 2.45) is 11.3 Å². The summed E-state index contributed by atoms with van der Waals surface area (Å²) in [5.74, 6) is 0.537. The number of carbonyl (C=O) groups is 1. The van der Waals surface area contributed by atoms with Gasteiger partial charge in [-0.05, 0) is 31.3 Å². The third kappa shape index (κ3) is 3.29. The molecule has 0 spiro atoms. The Morgan fingerprint density at radius 2 is 2.12 bits per heavy atom. The number of Topliss-reactive ketones (excluding diaryl/α,β-unsaturated/α-hetero) is 1. The van der Waals surface area contributed by atoms with Gasteiger partial charge in [-0.25, -0.2) is 0 Å². The van der Waals surface area contributed by atoms with Gasteiger partial charge in [-0.15, -0.1) is 0 Å². The molecule has 0 aromatic carbocycles. The first-order valence-corrected chi connectivity index (χ1v) is 6.96. The summed E-state index contributed by atoms with van der Waals surface area (Å²) >= 11 is 0. The Bertz CT molecular complexity index is 269. The van der Waals surface area contributed by atoms with Gasteiger partial charge < -0.3 is 9.64 Å². The van der Waals surface area contributed by atoms with Crippen LogP contribution in [0.3, 0.4) is 0 Å². The van der Waals surface area contributed by atoms with Crippen molar-refractivity contribution >= 4 is 5.78 Å². The second-order valence-corrected chi connectivity index (χ2v) is 5.95. The molecule has 2 aliphatic heterocycles. The summed E-state index contributed by atoms with van der Waals surface area (Å²) in [6.07, 6.45) is 4.42. The van der Waals surface area contributed by atoms with Crippen LogP contribution in [0.4, 0.5) is 0 Å². The van der Waals surface area contributed by atoms with E-state index in [4.69, 9.17) is 4.74 Å². The second kappa shape index (κ2) is 5.49. The molecule has 2 saturated heterocycles. The highest BCUT2D eigenvalue weighted by molar-refractivity contribution is 5.82. The summed E-state index contributed by atoms with van der Waals surface area (Å²) in [6.45, 7) is 9.15. The van der Waals surface area contributed by atoms with Gasteiger partial charge in [0.25, 0.3) is 0 Å². The van der Waals surface area contributed by atoms with Gasteiger partial charge in [0, 0.05) is 13.0 Å². The average molecular weight is 239 g/mol. The molecule has 98 valence electrons. The fraction of sp³-hybridized carbons (Fsp3) is 0.929. The molecule has 0 aliphatic carbocycles. The van der Waals surface area contributed by atoms with Crippen LogP contribution in [0.15, 0.2) is 0 Å². The summed E-state index contributed by atoms with van der Waals surface area (Å²) in [7, 11) is 0. The van der Waals surface area contributed by atoms with Gasteiger partial charge in [0.15, 0.2) is 0 Å². The maximum absolute atomic E-state index is 11.7. The van der Waals surface area contributed by atoms with Crippen LogP contribution in [0, 0.1) is 11.3 Å². The Kier molecular flexibility index (Phi) is 4.21. The summed E-state index contributed by atoms with van der Waals surface area (Å²) in [5, 5.41) is 0. The first-order chi connectivity index (χ1) is 8.13. The predicted octanol–water partition coefficient (Wildman–Crippen LogP) is 2.10. The van der Waals surface area contributed by atoms with Crippen LogP contribution in [-0.2, 0) is 9.53 Å². The molecule has 3 heteroatoms. The Labute approximate surface area is 105 Å². The molecule has 2 fully saturated rings. The van der Waals surface area contributed by atoms with Crippen LogP contribution in [0.1, 0.15) is 39.5 Å². The van der Waals surface area contributed by atoms with Crippen LogP contribution >= 0.6 is 0 Å². The molecular formula is C14H25NO2. The predicted molar refractivity (Wildman–Crippen MR) is 68.0 cm³/mol. The van der Waals surface area contributed by atoms with Crippen molar-refractivity contribution in [3.8, 4) is 0 Å². The summed E-state index contributed by atoms with van der Waals surface area (Å²) in [6, 6.07) is 0. The lowest BCUT2D eigenvalue weighted by molar-refractivity contribution is -0.131. The minimum atomic E-state index is 0.134. The maximum Gasteiger partial charge on any atom is 0.141 e. The van der Waals surface area contributed by atoms with Crippen LogP contribution in [-0.4, -0.2) is 43.5 Å². The van der Waals surface area contributed by atoms with Crippen molar-refractivity contribution in [1.29, 1.82) is 0 Å². The molecule has 0 bridgehead atoms. The number of carbonyl (C=O) groups excluding carboxylic acids is 1. The molecule has 3 nitrogen and oxygen atoms in total. The summed E-state index contributed by atoms with van der Waals surface area (Å²) in [4.78, 5) is 14.2. The molecule has 2 heterocycles. The molecule has 17 heavy (non-hydrogen) atoms. The quantitative estimate of drug-likeness (QED) is 0.755. The Morgan fingerprint density at radius 1 is 1.41 bits per heavy atom.